The van der Waals surface area contributed by atoms with Gasteiger partial charge in [0, 0.05) is 24.7 Å². The second kappa shape index (κ2) is 7.26. The topological polar surface area (TPSA) is 29.9 Å². The summed E-state index contributed by atoms with van der Waals surface area (Å²) >= 11 is 0. The summed E-state index contributed by atoms with van der Waals surface area (Å²) in [6, 6.07) is 3.31. The van der Waals surface area contributed by atoms with E-state index in [1.54, 1.807) is 0 Å². The lowest BCUT2D eigenvalue weighted by Gasteiger charge is -2.27. The van der Waals surface area contributed by atoms with Crippen LogP contribution in [0.25, 0.3) is 0 Å². The second-order valence-electron chi connectivity index (χ2n) is 6.48. The van der Waals surface area contributed by atoms with E-state index in [1.807, 2.05) is 0 Å². The van der Waals surface area contributed by atoms with Gasteiger partial charge in [0.2, 0.25) is 0 Å². The standard InChI is InChI=1S/C17H31N3/c1-5-14(4)20-11-10-15(19-20)12-17(18-6-2)16-9-7-8-13(16)3/h10-11,13-14,16-18H,5-9,12H2,1-4H3. The lowest BCUT2D eigenvalue weighted by atomic mass is 9.87. The fraction of sp³-hybridized carbons (Fsp3) is 0.824. The van der Waals surface area contributed by atoms with Crippen LogP contribution in [0.1, 0.15) is 65.1 Å². The predicted octanol–water partition coefficient (Wildman–Crippen LogP) is 3.81. The Morgan fingerprint density at radius 2 is 2.20 bits per heavy atom. The van der Waals surface area contributed by atoms with E-state index < -0.39 is 0 Å². The fourth-order valence-electron chi connectivity index (χ4n) is 3.55. The van der Waals surface area contributed by atoms with E-state index in [1.165, 1.54) is 25.0 Å². The quantitative estimate of drug-likeness (QED) is 0.821. The van der Waals surface area contributed by atoms with E-state index >= 15 is 0 Å². The van der Waals surface area contributed by atoms with Crippen LogP contribution in [-0.2, 0) is 6.42 Å². The summed E-state index contributed by atoms with van der Waals surface area (Å²) in [4.78, 5) is 0. The largest absolute Gasteiger partial charge is 0.314 e. The Labute approximate surface area is 124 Å². The molecule has 0 saturated heterocycles. The highest BCUT2D eigenvalue weighted by molar-refractivity contribution is 5.04. The molecule has 1 aliphatic carbocycles. The Bertz CT molecular complexity index is 399. The third kappa shape index (κ3) is 3.63. The molecule has 20 heavy (non-hydrogen) atoms. The van der Waals surface area contributed by atoms with Gasteiger partial charge in [0.25, 0.3) is 0 Å². The molecule has 4 unspecified atom stereocenters. The molecule has 2 rings (SSSR count). The van der Waals surface area contributed by atoms with E-state index in [0.717, 1.165) is 31.2 Å². The van der Waals surface area contributed by atoms with Crippen molar-refractivity contribution < 1.29 is 0 Å². The molecule has 0 spiro atoms. The molecule has 0 bridgehead atoms. The lowest BCUT2D eigenvalue weighted by molar-refractivity contribution is 0.296. The number of aromatic nitrogens is 2. The minimum absolute atomic E-state index is 0.506. The highest BCUT2D eigenvalue weighted by Crippen LogP contribution is 2.34. The van der Waals surface area contributed by atoms with Crippen LogP contribution in [0.5, 0.6) is 0 Å². The molecule has 0 aliphatic heterocycles. The molecule has 1 fully saturated rings. The summed E-state index contributed by atoms with van der Waals surface area (Å²) in [5.41, 5.74) is 1.25. The highest BCUT2D eigenvalue weighted by Gasteiger charge is 2.30. The van der Waals surface area contributed by atoms with Crippen molar-refractivity contribution in [2.75, 3.05) is 6.54 Å². The summed E-state index contributed by atoms with van der Waals surface area (Å²) in [5.74, 6) is 1.68. The normalized spacial score (nSPS) is 25.8. The van der Waals surface area contributed by atoms with Gasteiger partial charge in [0.15, 0.2) is 0 Å². The zero-order valence-electron chi connectivity index (χ0n) is 13.6. The molecular formula is C17H31N3. The number of hydrogen-bond acceptors (Lipinski definition) is 2. The molecule has 1 N–H and O–H groups in total. The minimum atomic E-state index is 0.506. The molecule has 3 nitrogen and oxygen atoms in total. The van der Waals surface area contributed by atoms with Crippen molar-refractivity contribution in [2.24, 2.45) is 11.8 Å². The second-order valence-corrected chi connectivity index (χ2v) is 6.48. The van der Waals surface area contributed by atoms with Gasteiger partial charge in [0.1, 0.15) is 0 Å². The first-order chi connectivity index (χ1) is 9.65. The van der Waals surface area contributed by atoms with Crippen molar-refractivity contribution in [3.05, 3.63) is 18.0 Å². The lowest BCUT2D eigenvalue weighted by Crippen LogP contribution is -2.39. The van der Waals surface area contributed by atoms with Gasteiger partial charge in [-0.2, -0.15) is 5.10 Å². The molecule has 1 aliphatic rings. The first kappa shape index (κ1) is 15.6. The molecule has 3 heteroatoms. The van der Waals surface area contributed by atoms with Crippen molar-refractivity contribution in [1.29, 1.82) is 0 Å². The SMILES string of the molecule is CCNC(Cc1ccn(C(C)CC)n1)C1CCCC1C. The predicted molar refractivity (Wildman–Crippen MR) is 84.9 cm³/mol. The number of likely N-dealkylation sites (N-methyl/N-ethyl adjacent to an activating group) is 1. The summed E-state index contributed by atoms with van der Waals surface area (Å²) in [6.45, 7) is 10.1. The maximum absolute atomic E-state index is 4.78. The third-order valence-corrected chi connectivity index (χ3v) is 5.05. The van der Waals surface area contributed by atoms with Crippen molar-refractivity contribution in [3.8, 4) is 0 Å². The fourth-order valence-corrected chi connectivity index (χ4v) is 3.55. The van der Waals surface area contributed by atoms with Crippen LogP contribution >= 0.6 is 0 Å². The van der Waals surface area contributed by atoms with Crippen LogP contribution in [0.2, 0.25) is 0 Å². The van der Waals surface area contributed by atoms with Crippen molar-refractivity contribution in [1.82, 2.24) is 15.1 Å². The van der Waals surface area contributed by atoms with Crippen molar-refractivity contribution >= 4 is 0 Å². The van der Waals surface area contributed by atoms with Gasteiger partial charge in [-0.25, -0.2) is 0 Å². The molecule has 1 heterocycles. The van der Waals surface area contributed by atoms with Gasteiger partial charge in [-0.1, -0.05) is 33.6 Å². The average Bonchev–Trinajstić information content (AvgIpc) is 3.06. The van der Waals surface area contributed by atoms with Crippen molar-refractivity contribution in [3.63, 3.8) is 0 Å². The maximum Gasteiger partial charge on any atom is 0.0640 e. The number of nitrogens with one attached hydrogen (secondary N) is 1. The first-order valence-electron chi connectivity index (χ1n) is 8.43. The molecule has 1 saturated carbocycles. The molecule has 0 aromatic carbocycles. The van der Waals surface area contributed by atoms with Gasteiger partial charge in [-0.05, 0) is 44.2 Å². The van der Waals surface area contributed by atoms with Crippen LogP contribution in [0.15, 0.2) is 12.3 Å². The van der Waals surface area contributed by atoms with Crippen LogP contribution < -0.4 is 5.32 Å². The minimum Gasteiger partial charge on any atom is -0.314 e. The van der Waals surface area contributed by atoms with Gasteiger partial charge in [-0.15, -0.1) is 0 Å². The summed E-state index contributed by atoms with van der Waals surface area (Å²) in [7, 11) is 0. The molecule has 114 valence electrons. The van der Waals surface area contributed by atoms with E-state index in [4.69, 9.17) is 5.10 Å². The highest BCUT2D eigenvalue weighted by atomic mass is 15.3. The molecule has 4 atom stereocenters. The van der Waals surface area contributed by atoms with Crippen LogP contribution in [0, 0.1) is 11.8 Å². The van der Waals surface area contributed by atoms with Gasteiger partial charge in [0.05, 0.1) is 5.69 Å². The first-order valence-corrected chi connectivity index (χ1v) is 8.43. The Hall–Kier alpha value is -0.830. The van der Waals surface area contributed by atoms with Crippen LogP contribution in [0.4, 0.5) is 0 Å². The molecule has 0 amide bonds. The Morgan fingerprint density at radius 3 is 2.80 bits per heavy atom. The summed E-state index contributed by atoms with van der Waals surface area (Å²) in [5, 5.41) is 8.48. The summed E-state index contributed by atoms with van der Waals surface area (Å²) in [6.07, 6.45) is 8.53. The van der Waals surface area contributed by atoms with Gasteiger partial charge < -0.3 is 5.32 Å². The number of hydrogen-bond donors (Lipinski definition) is 1. The van der Waals surface area contributed by atoms with Crippen molar-refractivity contribution in [2.45, 2.75) is 71.9 Å². The van der Waals surface area contributed by atoms with Gasteiger partial charge in [-0.3, -0.25) is 4.68 Å². The summed E-state index contributed by atoms with van der Waals surface area (Å²) < 4.78 is 2.12. The zero-order valence-corrected chi connectivity index (χ0v) is 13.6. The average molecular weight is 277 g/mol. The Morgan fingerprint density at radius 1 is 1.40 bits per heavy atom. The van der Waals surface area contributed by atoms with E-state index in [-0.39, 0.29) is 0 Å². The van der Waals surface area contributed by atoms with Crippen LogP contribution in [-0.4, -0.2) is 22.4 Å². The Balaban J connectivity index is 2.02. The molecule has 0 radical (unpaired) electrons. The third-order valence-electron chi connectivity index (χ3n) is 5.05. The number of rotatable bonds is 7. The molecular weight excluding hydrogens is 246 g/mol. The molecule has 1 aromatic rings. The monoisotopic (exact) mass is 277 g/mol. The molecule has 1 aromatic heterocycles. The van der Waals surface area contributed by atoms with Gasteiger partial charge >= 0.3 is 0 Å². The smallest absolute Gasteiger partial charge is 0.0640 e. The van der Waals surface area contributed by atoms with E-state index in [9.17, 15) is 0 Å². The van der Waals surface area contributed by atoms with Crippen LogP contribution in [0.3, 0.4) is 0 Å². The maximum atomic E-state index is 4.78. The number of nitrogens with zero attached hydrogens (tertiary/aromatic N) is 2. The zero-order chi connectivity index (χ0) is 14.5. The van der Waals surface area contributed by atoms with E-state index in [2.05, 4.69) is 50.0 Å². The Kier molecular flexibility index (Phi) is 5.64. The van der Waals surface area contributed by atoms with E-state index in [0.29, 0.717) is 12.1 Å².